The van der Waals surface area contributed by atoms with Crippen LogP contribution in [-0.2, 0) is 11.3 Å². The van der Waals surface area contributed by atoms with Crippen LogP contribution in [-0.4, -0.2) is 11.7 Å². The number of ketones is 1. The van der Waals surface area contributed by atoms with Gasteiger partial charge in [-0.25, -0.2) is 0 Å². The second-order valence-electron chi connectivity index (χ2n) is 6.32. The molecule has 3 aromatic rings. The first-order valence-corrected chi connectivity index (χ1v) is 8.98. The maximum atomic E-state index is 13.1. The number of allylic oxidation sites excluding steroid dienone is 1. The quantitative estimate of drug-likeness (QED) is 0.468. The van der Waals surface area contributed by atoms with Crippen LogP contribution in [0.25, 0.3) is 5.57 Å². The molecule has 0 fully saturated rings. The third kappa shape index (κ3) is 3.42. The summed E-state index contributed by atoms with van der Waals surface area (Å²) in [6.07, 6.45) is 1.44. The van der Waals surface area contributed by atoms with Gasteiger partial charge in [-0.2, -0.15) is 0 Å². The Balaban J connectivity index is 1.70. The number of anilines is 1. The molecule has 0 saturated carbocycles. The first-order chi connectivity index (χ1) is 13.1. The van der Waals surface area contributed by atoms with Gasteiger partial charge in [0.1, 0.15) is 0 Å². The molecule has 0 saturated heterocycles. The topological polar surface area (TPSA) is 37.4 Å². The maximum absolute atomic E-state index is 13.1. The zero-order valence-corrected chi connectivity index (χ0v) is 15.2. The molecule has 1 heterocycles. The van der Waals surface area contributed by atoms with Crippen LogP contribution in [0.3, 0.4) is 0 Å². The molecule has 0 unspecified atom stereocenters. The summed E-state index contributed by atoms with van der Waals surface area (Å²) in [6.45, 7) is 0.421. The molecule has 0 bridgehead atoms. The zero-order chi connectivity index (χ0) is 18.8. The highest BCUT2D eigenvalue weighted by molar-refractivity contribution is 6.35. The summed E-state index contributed by atoms with van der Waals surface area (Å²) in [5.74, 6) is -0.350. The maximum Gasteiger partial charge on any atom is 0.259 e. The van der Waals surface area contributed by atoms with E-state index in [1.54, 1.807) is 29.2 Å². The Labute approximate surface area is 162 Å². The van der Waals surface area contributed by atoms with Crippen LogP contribution in [0.15, 0.2) is 84.9 Å². The van der Waals surface area contributed by atoms with Crippen LogP contribution in [0.5, 0.6) is 0 Å². The van der Waals surface area contributed by atoms with Crippen LogP contribution in [0, 0.1) is 0 Å². The van der Waals surface area contributed by atoms with Gasteiger partial charge in [0.05, 0.1) is 17.8 Å². The Morgan fingerprint density at radius 1 is 0.889 bits per heavy atom. The summed E-state index contributed by atoms with van der Waals surface area (Å²) in [5.41, 5.74) is 3.54. The normalized spacial score (nSPS) is 14.5. The SMILES string of the molecule is O=C(C=C1C(=O)N(Cc2ccc(Cl)cc2)c2ccccc21)c1ccccc1. The Kier molecular flexibility index (Phi) is 4.61. The summed E-state index contributed by atoms with van der Waals surface area (Å²) >= 11 is 5.95. The van der Waals surface area contributed by atoms with E-state index in [1.165, 1.54) is 6.08 Å². The average molecular weight is 374 g/mol. The summed E-state index contributed by atoms with van der Waals surface area (Å²) in [4.78, 5) is 27.4. The van der Waals surface area contributed by atoms with E-state index in [4.69, 9.17) is 11.6 Å². The fraction of sp³-hybridized carbons (Fsp3) is 0.0435. The second-order valence-corrected chi connectivity index (χ2v) is 6.76. The molecule has 1 amide bonds. The lowest BCUT2D eigenvalue weighted by molar-refractivity contribution is -0.113. The Morgan fingerprint density at radius 3 is 2.30 bits per heavy atom. The highest BCUT2D eigenvalue weighted by Crippen LogP contribution is 2.37. The van der Waals surface area contributed by atoms with Gasteiger partial charge in [-0.3, -0.25) is 9.59 Å². The Hall–Kier alpha value is -3.17. The fourth-order valence-corrected chi connectivity index (χ4v) is 3.32. The number of hydrogen-bond acceptors (Lipinski definition) is 2. The van der Waals surface area contributed by atoms with Crippen molar-refractivity contribution < 1.29 is 9.59 Å². The lowest BCUT2D eigenvalue weighted by atomic mass is 10.0. The van der Waals surface area contributed by atoms with E-state index >= 15 is 0 Å². The average Bonchev–Trinajstić information content (AvgIpc) is 2.96. The van der Waals surface area contributed by atoms with Crippen molar-refractivity contribution in [1.29, 1.82) is 0 Å². The van der Waals surface area contributed by atoms with Crippen molar-refractivity contribution in [2.24, 2.45) is 0 Å². The minimum absolute atomic E-state index is 0.171. The summed E-state index contributed by atoms with van der Waals surface area (Å²) in [7, 11) is 0. The Bertz CT molecular complexity index is 1040. The number of benzene rings is 3. The van der Waals surface area contributed by atoms with Gasteiger partial charge < -0.3 is 4.90 Å². The minimum Gasteiger partial charge on any atom is -0.303 e. The fourth-order valence-electron chi connectivity index (χ4n) is 3.19. The third-order valence-corrected chi connectivity index (χ3v) is 4.80. The molecule has 132 valence electrons. The molecule has 0 aliphatic carbocycles. The number of halogens is 1. The van der Waals surface area contributed by atoms with Gasteiger partial charge in [0.15, 0.2) is 5.78 Å². The molecule has 1 aliphatic rings. The molecule has 1 aliphatic heterocycles. The molecule has 3 aromatic carbocycles. The zero-order valence-electron chi connectivity index (χ0n) is 14.4. The van der Waals surface area contributed by atoms with Crippen LogP contribution < -0.4 is 4.90 Å². The predicted octanol–water partition coefficient (Wildman–Crippen LogP) is 5.15. The van der Waals surface area contributed by atoms with Gasteiger partial charge in [-0.05, 0) is 29.8 Å². The Morgan fingerprint density at radius 2 is 1.56 bits per heavy atom. The summed E-state index contributed by atoms with van der Waals surface area (Å²) in [5, 5.41) is 0.654. The third-order valence-electron chi connectivity index (χ3n) is 4.55. The highest BCUT2D eigenvalue weighted by Gasteiger charge is 2.32. The molecule has 0 aromatic heterocycles. The van der Waals surface area contributed by atoms with Gasteiger partial charge >= 0.3 is 0 Å². The lowest BCUT2D eigenvalue weighted by Gasteiger charge is -2.17. The van der Waals surface area contributed by atoms with Crippen molar-refractivity contribution in [1.82, 2.24) is 0 Å². The molecule has 0 radical (unpaired) electrons. The summed E-state index contributed by atoms with van der Waals surface area (Å²) < 4.78 is 0. The predicted molar refractivity (Wildman–Crippen MR) is 108 cm³/mol. The van der Waals surface area contributed by atoms with Crippen molar-refractivity contribution in [2.45, 2.75) is 6.54 Å². The first-order valence-electron chi connectivity index (χ1n) is 8.60. The number of hydrogen-bond donors (Lipinski definition) is 0. The number of para-hydroxylation sites is 1. The molecule has 0 atom stereocenters. The molecule has 0 N–H and O–H groups in total. The monoisotopic (exact) mass is 373 g/mol. The number of rotatable bonds is 4. The number of carbonyl (C=O) groups excluding carboxylic acids is 2. The molecular formula is C23H16ClNO2. The van der Waals surface area contributed by atoms with Gasteiger partial charge in [0, 0.05) is 16.1 Å². The molecular weight excluding hydrogens is 358 g/mol. The van der Waals surface area contributed by atoms with Crippen LogP contribution in [0.1, 0.15) is 21.5 Å². The van der Waals surface area contributed by atoms with Crippen molar-refractivity contribution in [3.8, 4) is 0 Å². The van der Waals surface area contributed by atoms with Crippen LogP contribution in [0.4, 0.5) is 5.69 Å². The molecule has 27 heavy (non-hydrogen) atoms. The summed E-state index contributed by atoms with van der Waals surface area (Å²) in [6, 6.07) is 23.9. The molecule has 0 spiro atoms. The molecule has 3 nitrogen and oxygen atoms in total. The lowest BCUT2D eigenvalue weighted by Crippen LogP contribution is -2.25. The van der Waals surface area contributed by atoms with E-state index in [1.807, 2.05) is 54.6 Å². The standard InChI is InChI=1S/C23H16ClNO2/c24-18-12-10-16(11-13-18)15-25-21-9-5-4-8-19(21)20(23(25)27)14-22(26)17-6-2-1-3-7-17/h1-14H,15H2. The number of nitrogens with zero attached hydrogens (tertiary/aromatic N) is 1. The van der Waals surface area contributed by atoms with E-state index in [9.17, 15) is 9.59 Å². The van der Waals surface area contributed by atoms with Crippen molar-refractivity contribution in [3.63, 3.8) is 0 Å². The van der Waals surface area contributed by atoms with Crippen molar-refractivity contribution in [2.75, 3.05) is 4.90 Å². The van der Waals surface area contributed by atoms with Crippen molar-refractivity contribution in [3.05, 3.63) is 107 Å². The molecule has 4 heteroatoms. The van der Waals surface area contributed by atoms with E-state index in [2.05, 4.69) is 0 Å². The van der Waals surface area contributed by atoms with Crippen LogP contribution >= 0.6 is 11.6 Å². The van der Waals surface area contributed by atoms with E-state index in [0.29, 0.717) is 22.7 Å². The first kappa shape index (κ1) is 17.3. The van der Waals surface area contributed by atoms with Gasteiger partial charge in [-0.15, -0.1) is 0 Å². The number of fused-ring (bicyclic) bond motifs is 1. The highest BCUT2D eigenvalue weighted by atomic mass is 35.5. The molecule has 4 rings (SSSR count). The van der Waals surface area contributed by atoms with Gasteiger partial charge in [0.2, 0.25) is 0 Å². The van der Waals surface area contributed by atoms with Crippen LogP contribution in [0.2, 0.25) is 5.02 Å². The van der Waals surface area contributed by atoms with E-state index < -0.39 is 0 Å². The van der Waals surface area contributed by atoms with E-state index in [-0.39, 0.29) is 11.7 Å². The van der Waals surface area contributed by atoms with Gasteiger partial charge in [0.25, 0.3) is 5.91 Å². The van der Waals surface area contributed by atoms with Crippen molar-refractivity contribution >= 4 is 34.6 Å². The van der Waals surface area contributed by atoms with E-state index in [0.717, 1.165) is 16.8 Å². The number of carbonyl (C=O) groups is 2. The second kappa shape index (κ2) is 7.22. The smallest absolute Gasteiger partial charge is 0.259 e. The number of amides is 1. The van der Waals surface area contributed by atoms with Gasteiger partial charge in [-0.1, -0.05) is 72.3 Å². The minimum atomic E-state index is -0.179. The largest absolute Gasteiger partial charge is 0.303 e.